The Balaban J connectivity index is 2.93. The van der Waals surface area contributed by atoms with E-state index < -0.39 is 18.9 Å². The minimum Gasteiger partial charge on any atom is -0.399 e. The molecule has 0 fully saturated rings. The van der Waals surface area contributed by atoms with Gasteiger partial charge in [-0.15, -0.1) is 0 Å². The van der Waals surface area contributed by atoms with Gasteiger partial charge >= 0.3 is 0 Å². The summed E-state index contributed by atoms with van der Waals surface area (Å²) in [5.74, 6) is -0.556. The molecule has 100 valence electrons. The van der Waals surface area contributed by atoms with E-state index in [0.29, 0.717) is 5.69 Å². The van der Waals surface area contributed by atoms with Gasteiger partial charge in [0.25, 0.3) is 12.3 Å². The van der Waals surface area contributed by atoms with Crippen LogP contribution in [0.15, 0.2) is 18.2 Å². The molecule has 1 aromatic rings. The minimum atomic E-state index is -2.64. The van der Waals surface area contributed by atoms with E-state index in [1.54, 1.807) is 19.1 Å². The maximum absolute atomic E-state index is 12.3. The Kier molecular flexibility index (Phi) is 5.03. The molecule has 0 radical (unpaired) electrons. The number of halogens is 2. The highest BCUT2D eigenvalue weighted by Gasteiger charge is 2.19. The van der Waals surface area contributed by atoms with Gasteiger partial charge in [0, 0.05) is 17.8 Å². The minimum absolute atomic E-state index is 0.128. The smallest absolute Gasteiger partial charge is 0.255 e. The average molecular weight is 258 g/mol. The number of amides is 1. The third kappa shape index (κ3) is 3.96. The quantitative estimate of drug-likeness (QED) is 0.782. The van der Waals surface area contributed by atoms with E-state index >= 15 is 0 Å². The van der Waals surface area contributed by atoms with Crippen LogP contribution in [0.1, 0.15) is 15.9 Å². The number of hydrogen-bond acceptors (Lipinski definition) is 3. The molecule has 0 aliphatic rings. The maximum Gasteiger partial charge on any atom is 0.255 e. The average Bonchev–Trinajstić information content (AvgIpc) is 2.25. The zero-order valence-corrected chi connectivity index (χ0v) is 10.1. The largest absolute Gasteiger partial charge is 0.399 e. The molecular formula is C12H16F2N2O2. The van der Waals surface area contributed by atoms with E-state index in [0.717, 1.165) is 10.5 Å². The molecule has 6 heteroatoms. The molecule has 4 nitrogen and oxygen atoms in total. The van der Waals surface area contributed by atoms with Gasteiger partial charge in [-0.25, -0.2) is 8.78 Å². The fraction of sp³-hybridized carbons (Fsp3) is 0.417. The van der Waals surface area contributed by atoms with Crippen LogP contribution in [0.5, 0.6) is 0 Å². The lowest BCUT2D eigenvalue weighted by Gasteiger charge is -2.21. The summed E-state index contributed by atoms with van der Waals surface area (Å²) in [6.45, 7) is 0.570. The van der Waals surface area contributed by atoms with E-state index in [1.807, 2.05) is 0 Å². The Morgan fingerprint density at radius 2 is 2.11 bits per heavy atom. The van der Waals surface area contributed by atoms with Gasteiger partial charge in [-0.3, -0.25) is 4.79 Å². The molecule has 18 heavy (non-hydrogen) atoms. The fourth-order valence-corrected chi connectivity index (χ4v) is 1.68. The van der Waals surface area contributed by atoms with Crippen molar-refractivity contribution in [3.8, 4) is 0 Å². The van der Waals surface area contributed by atoms with Gasteiger partial charge in [0.05, 0.1) is 13.2 Å². The highest BCUT2D eigenvalue weighted by molar-refractivity contribution is 5.95. The van der Waals surface area contributed by atoms with Crippen LogP contribution < -0.4 is 5.73 Å². The van der Waals surface area contributed by atoms with Crippen LogP contribution >= 0.6 is 0 Å². The van der Waals surface area contributed by atoms with Crippen LogP contribution in [0.4, 0.5) is 14.5 Å². The second kappa shape index (κ2) is 6.30. The van der Waals surface area contributed by atoms with Crippen molar-refractivity contribution in [2.24, 2.45) is 0 Å². The Morgan fingerprint density at radius 3 is 2.61 bits per heavy atom. The first-order chi connectivity index (χ1) is 8.43. The summed E-state index contributed by atoms with van der Waals surface area (Å²) in [7, 11) is 0. The summed E-state index contributed by atoms with van der Waals surface area (Å²) in [6.07, 6.45) is -2.64. The number of nitrogens with zero attached hydrogens (tertiary/aromatic N) is 1. The van der Waals surface area contributed by atoms with Crippen molar-refractivity contribution < 1.29 is 18.7 Å². The summed E-state index contributed by atoms with van der Waals surface area (Å²) < 4.78 is 24.7. The van der Waals surface area contributed by atoms with Crippen LogP contribution in [-0.2, 0) is 0 Å². The standard InChI is InChI=1S/C12H16F2N2O2/c1-8-4-9(6-10(15)5-8)12(18)16(2-3-17)7-11(13)14/h4-6,11,17H,2-3,7,15H2,1H3. The highest BCUT2D eigenvalue weighted by Crippen LogP contribution is 2.14. The number of benzene rings is 1. The Labute approximate surface area is 104 Å². The van der Waals surface area contributed by atoms with E-state index in [1.165, 1.54) is 6.07 Å². The lowest BCUT2D eigenvalue weighted by Crippen LogP contribution is -2.37. The predicted octanol–water partition coefficient (Wildman–Crippen LogP) is 1.28. The van der Waals surface area contributed by atoms with Crippen LogP contribution in [0.25, 0.3) is 0 Å². The van der Waals surface area contributed by atoms with E-state index in [9.17, 15) is 13.6 Å². The van der Waals surface area contributed by atoms with Crippen molar-refractivity contribution in [3.63, 3.8) is 0 Å². The number of nitrogen functional groups attached to an aromatic ring is 1. The number of carbonyl (C=O) groups is 1. The molecule has 1 aromatic carbocycles. The summed E-state index contributed by atoms with van der Waals surface area (Å²) in [5, 5.41) is 8.79. The van der Waals surface area contributed by atoms with Crippen LogP contribution in [0.3, 0.4) is 0 Å². The molecule has 0 aromatic heterocycles. The number of nitrogens with two attached hydrogens (primary N) is 1. The first kappa shape index (κ1) is 14.4. The first-order valence-electron chi connectivity index (χ1n) is 5.49. The number of hydrogen-bond donors (Lipinski definition) is 2. The molecule has 0 saturated carbocycles. The number of anilines is 1. The van der Waals surface area contributed by atoms with Crippen LogP contribution in [0.2, 0.25) is 0 Å². The van der Waals surface area contributed by atoms with Gasteiger partial charge in [-0.1, -0.05) is 0 Å². The Hall–Kier alpha value is -1.69. The normalized spacial score (nSPS) is 10.7. The number of alkyl halides is 2. The lowest BCUT2D eigenvalue weighted by atomic mass is 10.1. The van der Waals surface area contributed by atoms with Gasteiger partial charge in [-0.05, 0) is 30.7 Å². The molecule has 1 rings (SSSR count). The highest BCUT2D eigenvalue weighted by atomic mass is 19.3. The molecule has 0 bridgehead atoms. The summed E-state index contributed by atoms with van der Waals surface area (Å²) in [5.41, 5.74) is 7.04. The number of aryl methyl sites for hydroxylation is 1. The van der Waals surface area contributed by atoms with Crippen LogP contribution in [0, 0.1) is 6.92 Å². The fourth-order valence-electron chi connectivity index (χ4n) is 1.68. The monoisotopic (exact) mass is 258 g/mol. The van der Waals surface area contributed by atoms with Crippen molar-refractivity contribution in [2.45, 2.75) is 13.3 Å². The zero-order chi connectivity index (χ0) is 13.7. The number of rotatable bonds is 5. The molecule has 0 saturated heterocycles. The van der Waals surface area contributed by atoms with Crippen molar-refractivity contribution in [2.75, 3.05) is 25.4 Å². The van der Waals surface area contributed by atoms with E-state index in [2.05, 4.69) is 0 Å². The van der Waals surface area contributed by atoms with Gasteiger partial charge in [0.15, 0.2) is 0 Å². The number of carbonyl (C=O) groups excluding carboxylic acids is 1. The molecule has 1 amide bonds. The second-order valence-corrected chi connectivity index (χ2v) is 4.00. The van der Waals surface area contributed by atoms with Gasteiger partial charge in [0.2, 0.25) is 0 Å². The topological polar surface area (TPSA) is 66.6 Å². The molecule has 0 unspecified atom stereocenters. The lowest BCUT2D eigenvalue weighted by molar-refractivity contribution is 0.0509. The van der Waals surface area contributed by atoms with Crippen LogP contribution in [-0.4, -0.2) is 42.0 Å². The third-order valence-electron chi connectivity index (χ3n) is 2.36. The third-order valence-corrected chi connectivity index (χ3v) is 2.36. The first-order valence-corrected chi connectivity index (χ1v) is 5.49. The van der Waals surface area contributed by atoms with E-state index in [-0.39, 0.29) is 18.7 Å². The SMILES string of the molecule is Cc1cc(N)cc(C(=O)N(CCO)CC(F)F)c1. The van der Waals surface area contributed by atoms with Gasteiger partial charge in [0.1, 0.15) is 0 Å². The number of aliphatic hydroxyl groups is 1. The zero-order valence-electron chi connectivity index (χ0n) is 10.1. The predicted molar refractivity (Wildman–Crippen MR) is 64.6 cm³/mol. The Morgan fingerprint density at radius 1 is 1.44 bits per heavy atom. The van der Waals surface area contributed by atoms with Crippen molar-refractivity contribution in [1.82, 2.24) is 4.90 Å². The number of aliphatic hydroxyl groups excluding tert-OH is 1. The summed E-state index contributed by atoms with van der Waals surface area (Å²) in [4.78, 5) is 12.9. The molecule has 0 atom stereocenters. The maximum atomic E-state index is 12.3. The Bertz CT molecular complexity index is 404. The molecule has 3 N–H and O–H groups in total. The summed E-state index contributed by atoms with van der Waals surface area (Å²) in [6, 6.07) is 4.69. The summed E-state index contributed by atoms with van der Waals surface area (Å²) >= 11 is 0. The van der Waals surface area contributed by atoms with Gasteiger partial charge < -0.3 is 15.7 Å². The molecular weight excluding hydrogens is 242 g/mol. The van der Waals surface area contributed by atoms with Gasteiger partial charge in [-0.2, -0.15) is 0 Å². The molecule has 0 aliphatic carbocycles. The molecule has 0 aliphatic heterocycles. The van der Waals surface area contributed by atoms with Crippen molar-refractivity contribution in [1.29, 1.82) is 0 Å². The molecule has 0 heterocycles. The van der Waals surface area contributed by atoms with Crippen molar-refractivity contribution in [3.05, 3.63) is 29.3 Å². The second-order valence-electron chi connectivity index (χ2n) is 4.00. The van der Waals surface area contributed by atoms with Crippen molar-refractivity contribution >= 4 is 11.6 Å². The molecule has 0 spiro atoms. The van der Waals surface area contributed by atoms with E-state index in [4.69, 9.17) is 10.8 Å².